The van der Waals surface area contributed by atoms with Crippen molar-refractivity contribution < 1.29 is 9.53 Å². The van der Waals surface area contributed by atoms with E-state index in [1.807, 2.05) is 19.1 Å². The normalized spacial score (nSPS) is 24.1. The van der Waals surface area contributed by atoms with E-state index in [4.69, 9.17) is 4.74 Å². The molecule has 0 aliphatic carbocycles. The molecule has 0 spiro atoms. The minimum atomic E-state index is 0.0879. The van der Waals surface area contributed by atoms with E-state index in [9.17, 15) is 4.79 Å². The van der Waals surface area contributed by atoms with Gasteiger partial charge < -0.3 is 9.64 Å². The Morgan fingerprint density at radius 2 is 2.28 bits per heavy atom. The van der Waals surface area contributed by atoms with E-state index >= 15 is 0 Å². The third-order valence-electron chi connectivity index (χ3n) is 3.29. The highest BCUT2D eigenvalue weighted by Gasteiger charge is 2.23. The zero-order valence-electron chi connectivity index (χ0n) is 11.2. The molecule has 0 aromatic carbocycles. The lowest BCUT2D eigenvalue weighted by molar-refractivity contribution is 0.0343. The van der Waals surface area contributed by atoms with Crippen LogP contribution in [0.5, 0.6) is 0 Å². The first kappa shape index (κ1) is 13.0. The van der Waals surface area contributed by atoms with Crippen LogP contribution in [0.1, 0.15) is 37.7 Å². The van der Waals surface area contributed by atoms with Gasteiger partial charge in [0.15, 0.2) is 5.78 Å². The van der Waals surface area contributed by atoms with Crippen molar-refractivity contribution in [2.75, 3.05) is 18.1 Å². The van der Waals surface area contributed by atoms with E-state index in [1.165, 1.54) is 0 Å². The number of carbonyl (C=O) groups is 1. The molecule has 2 unspecified atom stereocenters. The Balaban J connectivity index is 2.15. The number of ether oxygens (including phenoxy) is 1. The second-order valence-electron chi connectivity index (χ2n) is 4.82. The van der Waals surface area contributed by atoms with Crippen LogP contribution in [-0.2, 0) is 4.74 Å². The third kappa shape index (κ3) is 2.70. The second kappa shape index (κ2) is 5.48. The predicted octanol–water partition coefficient (Wildman–Crippen LogP) is 2.29. The summed E-state index contributed by atoms with van der Waals surface area (Å²) >= 11 is 0. The standard InChI is InChI=1S/C14H20N2O2/c1-4-14(17)13-6-5-12(7-15-13)16-8-11(3)18-9-10(16)2/h5-7,10-11H,4,8-9H2,1-3H3. The van der Waals surface area contributed by atoms with Crippen LogP contribution >= 0.6 is 0 Å². The molecule has 4 nitrogen and oxygen atoms in total. The molecule has 1 aliphatic heterocycles. The van der Waals surface area contributed by atoms with Crippen molar-refractivity contribution in [3.05, 3.63) is 24.0 Å². The lowest BCUT2D eigenvalue weighted by atomic mass is 10.1. The van der Waals surface area contributed by atoms with Crippen molar-refractivity contribution in [3.63, 3.8) is 0 Å². The molecule has 1 fully saturated rings. The van der Waals surface area contributed by atoms with Gasteiger partial charge >= 0.3 is 0 Å². The van der Waals surface area contributed by atoms with Crippen LogP contribution < -0.4 is 4.90 Å². The Labute approximate surface area is 108 Å². The Hall–Kier alpha value is -1.42. The number of hydrogen-bond acceptors (Lipinski definition) is 4. The summed E-state index contributed by atoms with van der Waals surface area (Å²) in [6, 6.07) is 4.13. The maximum absolute atomic E-state index is 11.5. The highest BCUT2D eigenvalue weighted by atomic mass is 16.5. The van der Waals surface area contributed by atoms with E-state index < -0.39 is 0 Å². The van der Waals surface area contributed by atoms with Gasteiger partial charge in [-0.15, -0.1) is 0 Å². The fourth-order valence-electron chi connectivity index (χ4n) is 2.17. The molecule has 2 atom stereocenters. The SMILES string of the molecule is CCC(=O)c1ccc(N2CC(C)OCC2C)cn1. The van der Waals surface area contributed by atoms with E-state index in [2.05, 4.69) is 23.7 Å². The van der Waals surface area contributed by atoms with E-state index in [0.29, 0.717) is 18.2 Å². The number of anilines is 1. The van der Waals surface area contributed by atoms with Crippen LogP contribution in [0.15, 0.2) is 18.3 Å². The van der Waals surface area contributed by atoms with Gasteiger partial charge in [-0.25, -0.2) is 0 Å². The summed E-state index contributed by atoms with van der Waals surface area (Å²) in [7, 11) is 0. The number of hydrogen-bond donors (Lipinski definition) is 0. The van der Waals surface area contributed by atoms with Gasteiger partial charge in [-0.05, 0) is 26.0 Å². The van der Waals surface area contributed by atoms with Crippen molar-refractivity contribution in [3.8, 4) is 0 Å². The number of ketones is 1. The molecule has 1 aliphatic rings. The first-order valence-electron chi connectivity index (χ1n) is 6.49. The number of carbonyl (C=O) groups excluding carboxylic acids is 1. The smallest absolute Gasteiger partial charge is 0.180 e. The molecular formula is C14H20N2O2. The minimum absolute atomic E-state index is 0.0879. The van der Waals surface area contributed by atoms with Crippen LogP contribution in [0.4, 0.5) is 5.69 Å². The Morgan fingerprint density at radius 1 is 1.50 bits per heavy atom. The van der Waals surface area contributed by atoms with E-state index in [0.717, 1.165) is 18.8 Å². The summed E-state index contributed by atoms with van der Waals surface area (Å²) in [4.78, 5) is 18.1. The van der Waals surface area contributed by atoms with Gasteiger partial charge in [0.1, 0.15) is 5.69 Å². The average molecular weight is 248 g/mol. The fraction of sp³-hybridized carbons (Fsp3) is 0.571. The molecule has 4 heteroatoms. The molecular weight excluding hydrogens is 228 g/mol. The number of morpholine rings is 1. The zero-order valence-corrected chi connectivity index (χ0v) is 11.2. The van der Waals surface area contributed by atoms with Crippen molar-refractivity contribution in [1.82, 2.24) is 4.98 Å². The molecule has 0 bridgehead atoms. The van der Waals surface area contributed by atoms with Crippen LogP contribution in [0, 0.1) is 0 Å². The quantitative estimate of drug-likeness (QED) is 0.770. The molecule has 0 saturated carbocycles. The number of pyridine rings is 1. The summed E-state index contributed by atoms with van der Waals surface area (Å²) in [6.07, 6.45) is 2.52. The molecule has 18 heavy (non-hydrogen) atoms. The minimum Gasteiger partial charge on any atom is -0.375 e. The Bertz CT molecular complexity index is 416. The van der Waals surface area contributed by atoms with Gasteiger partial charge in [0.05, 0.1) is 24.6 Å². The molecule has 0 N–H and O–H groups in total. The molecule has 1 aromatic heterocycles. The first-order chi connectivity index (χ1) is 8.61. The predicted molar refractivity (Wildman–Crippen MR) is 71.1 cm³/mol. The number of nitrogens with zero attached hydrogens (tertiary/aromatic N) is 2. The second-order valence-corrected chi connectivity index (χ2v) is 4.82. The van der Waals surface area contributed by atoms with Crippen molar-refractivity contribution in [2.45, 2.75) is 39.3 Å². The maximum atomic E-state index is 11.5. The monoisotopic (exact) mass is 248 g/mol. The molecule has 0 amide bonds. The highest BCUT2D eigenvalue weighted by Crippen LogP contribution is 2.21. The third-order valence-corrected chi connectivity index (χ3v) is 3.29. The van der Waals surface area contributed by atoms with E-state index in [-0.39, 0.29) is 11.9 Å². The van der Waals surface area contributed by atoms with Crippen molar-refractivity contribution in [2.24, 2.45) is 0 Å². The molecule has 0 radical (unpaired) electrons. The highest BCUT2D eigenvalue weighted by molar-refractivity contribution is 5.94. The average Bonchev–Trinajstić information content (AvgIpc) is 2.41. The summed E-state index contributed by atoms with van der Waals surface area (Å²) < 4.78 is 5.60. The van der Waals surface area contributed by atoms with Gasteiger partial charge in [0, 0.05) is 19.0 Å². The van der Waals surface area contributed by atoms with Gasteiger partial charge in [0.2, 0.25) is 0 Å². The van der Waals surface area contributed by atoms with Gasteiger partial charge in [-0.1, -0.05) is 6.92 Å². The summed E-state index contributed by atoms with van der Waals surface area (Å²) in [5.41, 5.74) is 1.61. The van der Waals surface area contributed by atoms with Crippen molar-refractivity contribution >= 4 is 11.5 Å². The van der Waals surface area contributed by atoms with Gasteiger partial charge in [-0.2, -0.15) is 0 Å². The van der Waals surface area contributed by atoms with Crippen molar-refractivity contribution in [1.29, 1.82) is 0 Å². The van der Waals surface area contributed by atoms with Crippen LogP contribution in [0.3, 0.4) is 0 Å². The molecule has 1 aromatic rings. The van der Waals surface area contributed by atoms with Gasteiger partial charge in [0.25, 0.3) is 0 Å². The topological polar surface area (TPSA) is 42.4 Å². The Morgan fingerprint density at radius 3 is 2.89 bits per heavy atom. The Kier molecular flexibility index (Phi) is 3.97. The van der Waals surface area contributed by atoms with Crippen LogP contribution in [0.2, 0.25) is 0 Å². The van der Waals surface area contributed by atoms with Crippen LogP contribution in [0.25, 0.3) is 0 Å². The summed E-state index contributed by atoms with van der Waals surface area (Å²) in [5, 5.41) is 0. The molecule has 98 valence electrons. The lowest BCUT2D eigenvalue weighted by Crippen LogP contribution is -2.47. The number of rotatable bonds is 3. The number of aromatic nitrogens is 1. The summed E-state index contributed by atoms with van der Waals surface area (Å²) in [6.45, 7) is 7.66. The largest absolute Gasteiger partial charge is 0.375 e. The van der Waals surface area contributed by atoms with Gasteiger partial charge in [-0.3, -0.25) is 9.78 Å². The lowest BCUT2D eigenvalue weighted by Gasteiger charge is -2.38. The maximum Gasteiger partial charge on any atom is 0.180 e. The molecule has 2 heterocycles. The van der Waals surface area contributed by atoms with Crippen LogP contribution in [-0.4, -0.2) is 36.1 Å². The van der Waals surface area contributed by atoms with E-state index in [1.54, 1.807) is 6.20 Å². The fourth-order valence-corrected chi connectivity index (χ4v) is 2.17. The summed E-state index contributed by atoms with van der Waals surface area (Å²) in [5.74, 6) is 0.0879. The molecule has 2 rings (SSSR count). The zero-order chi connectivity index (χ0) is 13.1. The first-order valence-corrected chi connectivity index (χ1v) is 6.49. The molecule has 1 saturated heterocycles. The number of Topliss-reactive ketones (excluding diaryl/α,β-unsaturated/α-hetero) is 1.